The fraction of sp³-hybridized carbons (Fsp3) is 0.500. The second kappa shape index (κ2) is 8.37. The Morgan fingerprint density at radius 1 is 1.64 bits per heavy atom. The van der Waals surface area contributed by atoms with Crippen LogP contribution in [0.1, 0.15) is 0 Å². The highest BCUT2D eigenvalue weighted by atomic mass is 79.9. The van der Waals surface area contributed by atoms with Gasteiger partial charge in [-0.1, -0.05) is 28.6 Å². The van der Waals surface area contributed by atoms with Crippen LogP contribution in [0.2, 0.25) is 0 Å². The van der Waals surface area contributed by atoms with E-state index in [1.807, 2.05) is 17.8 Å². The second-order valence-corrected chi connectivity index (χ2v) is 4.33. The molecule has 0 bridgehead atoms. The van der Waals surface area contributed by atoms with Crippen molar-refractivity contribution < 1.29 is 0 Å². The first kappa shape index (κ1) is 11.3. The maximum Gasteiger partial charge on any atom is 0.0266 e. The second-order valence-electron chi connectivity index (χ2n) is 2.06. The molecule has 0 spiro atoms. The first-order valence-electron chi connectivity index (χ1n) is 3.50. The molecule has 0 aliphatic heterocycles. The standard InChI is InChI=1S/C8H14BrNS/c1-3-5-11-6-4-10-7-8(2)9/h3,10H,1-2,4-7H2. The van der Waals surface area contributed by atoms with Gasteiger partial charge in [-0.25, -0.2) is 0 Å². The zero-order chi connectivity index (χ0) is 8.53. The average Bonchev–Trinajstić information content (AvgIpc) is 1.96. The Balaban J connectivity index is 2.90. The number of hydrogen-bond acceptors (Lipinski definition) is 2. The van der Waals surface area contributed by atoms with Gasteiger partial charge < -0.3 is 5.32 Å². The molecule has 0 fully saturated rings. The van der Waals surface area contributed by atoms with Crippen molar-refractivity contribution in [2.24, 2.45) is 0 Å². The van der Waals surface area contributed by atoms with E-state index in [4.69, 9.17) is 0 Å². The van der Waals surface area contributed by atoms with Gasteiger partial charge in [0.25, 0.3) is 0 Å². The molecular weight excluding hydrogens is 222 g/mol. The van der Waals surface area contributed by atoms with Gasteiger partial charge in [-0.3, -0.25) is 0 Å². The average molecular weight is 236 g/mol. The summed E-state index contributed by atoms with van der Waals surface area (Å²) in [4.78, 5) is 0. The lowest BCUT2D eigenvalue weighted by molar-refractivity contribution is 0.803. The molecule has 0 saturated heterocycles. The smallest absolute Gasteiger partial charge is 0.0266 e. The summed E-state index contributed by atoms with van der Waals surface area (Å²) in [6, 6.07) is 0. The van der Waals surface area contributed by atoms with Crippen molar-refractivity contribution in [1.82, 2.24) is 5.32 Å². The van der Waals surface area contributed by atoms with E-state index in [-0.39, 0.29) is 0 Å². The molecule has 0 saturated carbocycles. The van der Waals surface area contributed by atoms with Gasteiger partial charge in [0, 0.05) is 29.1 Å². The lowest BCUT2D eigenvalue weighted by atomic mass is 10.6. The summed E-state index contributed by atoms with van der Waals surface area (Å²) < 4.78 is 1.01. The van der Waals surface area contributed by atoms with E-state index >= 15 is 0 Å². The van der Waals surface area contributed by atoms with Crippen LogP contribution in [-0.4, -0.2) is 24.6 Å². The van der Waals surface area contributed by atoms with Gasteiger partial charge in [-0.2, -0.15) is 11.8 Å². The Bertz CT molecular complexity index is 125. The first-order chi connectivity index (χ1) is 5.27. The van der Waals surface area contributed by atoms with Gasteiger partial charge in [-0.15, -0.1) is 6.58 Å². The van der Waals surface area contributed by atoms with Crippen molar-refractivity contribution in [3.05, 3.63) is 23.7 Å². The molecule has 0 amide bonds. The van der Waals surface area contributed by atoms with Gasteiger partial charge in [0.05, 0.1) is 0 Å². The van der Waals surface area contributed by atoms with Crippen LogP contribution in [0.3, 0.4) is 0 Å². The van der Waals surface area contributed by atoms with Crippen LogP contribution in [0.25, 0.3) is 0 Å². The number of rotatable bonds is 7. The molecule has 64 valence electrons. The Hall–Kier alpha value is 0.270. The fourth-order valence-electron chi connectivity index (χ4n) is 0.535. The van der Waals surface area contributed by atoms with Crippen molar-refractivity contribution >= 4 is 27.7 Å². The zero-order valence-electron chi connectivity index (χ0n) is 6.61. The SMILES string of the molecule is C=CCSCCNCC(=C)Br. The van der Waals surface area contributed by atoms with Gasteiger partial charge in [0.15, 0.2) is 0 Å². The number of hydrogen-bond donors (Lipinski definition) is 1. The van der Waals surface area contributed by atoms with Crippen molar-refractivity contribution in [3.8, 4) is 0 Å². The van der Waals surface area contributed by atoms with Crippen LogP contribution in [-0.2, 0) is 0 Å². The highest BCUT2D eigenvalue weighted by Crippen LogP contribution is 1.99. The lowest BCUT2D eigenvalue weighted by Crippen LogP contribution is -2.18. The van der Waals surface area contributed by atoms with E-state index in [9.17, 15) is 0 Å². The minimum atomic E-state index is 0.856. The number of thioether (sulfide) groups is 1. The largest absolute Gasteiger partial charge is 0.311 e. The van der Waals surface area contributed by atoms with E-state index < -0.39 is 0 Å². The minimum Gasteiger partial charge on any atom is -0.311 e. The molecular formula is C8H14BrNS. The summed E-state index contributed by atoms with van der Waals surface area (Å²) in [6.07, 6.45) is 1.92. The molecule has 0 unspecified atom stereocenters. The Labute approximate surface area is 81.5 Å². The lowest BCUT2D eigenvalue weighted by Gasteiger charge is -2.01. The summed E-state index contributed by atoms with van der Waals surface area (Å²) in [6.45, 7) is 9.25. The molecule has 3 heteroatoms. The molecule has 0 aromatic heterocycles. The van der Waals surface area contributed by atoms with E-state index in [1.165, 1.54) is 0 Å². The Kier molecular flexibility index (Phi) is 8.57. The van der Waals surface area contributed by atoms with Crippen LogP contribution in [0, 0.1) is 0 Å². The third-order valence-electron chi connectivity index (χ3n) is 0.976. The van der Waals surface area contributed by atoms with Crippen molar-refractivity contribution in [1.29, 1.82) is 0 Å². The maximum absolute atomic E-state index is 3.72. The monoisotopic (exact) mass is 235 g/mol. The summed E-state index contributed by atoms with van der Waals surface area (Å²) in [5.41, 5.74) is 0. The summed E-state index contributed by atoms with van der Waals surface area (Å²) in [5.74, 6) is 2.17. The zero-order valence-corrected chi connectivity index (χ0v) is 9.01. The highest BCUT2D eigenvalue weighted by Gasteiger charge is 1.87. The van der Waals surface area contributed by atoms with Gasteiger partial charge in [0.2, 0.25) is 0 Å². The normalized spacial score (nSPS) is 9.55. The van der Waals surface area contributed by atoms with E-state index in [0.29, 0.717) is 0 Å². The predicted octanol–water partition coefficient (Wildman–Crippen LogP) is 2.40. The van der Waals surface area contributed by atoms with Crippen LogP contribution in [0.15, 0.2) is 23.7 Å². The quantitative estimate of drug-likeness (QED) is 0.538. The number of halogens is 1. The molecule has 0 heterocycles. The molecule has 0 aliphatic carbocycles. The van der Waals surface area contributed by atoms with Crippen LogP contribution in [0.4, 0.5) is 0 Å². The summed E-state index contributed by atoms with van der Waals surface area (Å²) in [5, 5.41) is 3.24. The minimum absolute atomic E-state index is 0.856. The fourth-order valence-corrected chi connectivity index (χ4v) is 1.36. The van der Waals surface area contributed by atoms with Crippen molar-refractivity contribution in [2.75, 3.05) is 24.6 Å². The molecule has 0 rings (SSSR count). The molecule has 1 nitrogen and oxygen atoms in total. The summed E-state index contributed by atoms with van der Waals surface area (Å²) >= 11 is 5.16. The van der Waals surface area contributed by atoms with Gasteiger partial charge in [0.1, 0.15) is 0 Å². The molecule has 0 aromatic carbocycles. The molecule has 11 heavy (non-hydrogen) atoms. The third kappa shape index (κ3) is 10.3. The van der Waals surface area contributed by atoms with Crippen LogP contribution >= 0.6 is 27.7 Å². The maximum atomic E-state index is 3.72. The Morgan fingerprint density at radius 2 is 2.36 bits per heavy atom. The molecule has 0 radical (unpaired) electrons. The van der Waals surface area contributed by atoms with E-state index in [2.05, 4.69) is 34.4 Å². The van der Waals surface area contributed by atoms with Crippen molar-refractivity contribution in [2.45, 2.75) is 0 Å². The highest BCUT2D eigenvalue weighted by molar-refractivity contribution is 9.11. The first-order valence-corrected chi connectivity index (χ1v) is 5.44. The number of nitrogens with one attached hydrogen (secondary N) is 1. The molecule has 1 N–H and O–H groups in total. The molecule has 0 atom stereocenters. The Morgan fingerprint density at radius 3 is 2.91 bits per heavy atom. The third-order valence-corrected chi connectivity index (χ3v) is 2.22. The molecule has 0 aromatic rings. The van der Waals surface area contributed by atoms with Gasteiger partial charge >= 0.3 is 0 Å². The topological polar surface area (TPSA) is 12.0 Å². The predicted molar refractivity (Wildman–Crippen MR) is 58.5 cm³/mol. The summed E-state index contributed by atoms with van der Waals surface area (Å²) in [7, 11) is 0. The van der Waals surface area contributed by atoms with Crippen LogP contribution < -0.4 is 5.32 Å². The van der Waals surface area contributed by atoms with Crippen molar-refractivity contribution in [3.63, 3.8) is 0 Å². The van der Waals surface area contributed by atoms with Gasteiger partial charge in [-0.05, 0) is 0 Å². The van der Waals surface area contributed by atoms with E-state index in [1.54, 1.807) is 0 Å². The molecule has 0 aliphatic rings. The van der Waals surface area contributed by atoms with Crippen LogP contribution in [0.5, 0.6) is 0 Å². The van der Waals surface area contributed by atoms with E-state index in [0.717, 1.165) is 29.1 Å².